The number of carbonyl (C=O) groups excluding carboxylic acids is 1. The van der Waals surface area contributed by atoms with Crippen molar-refractivity contribution in [3.63, 3.8) is 0 Å². The summed E-state index contributed by atoms with van der Waals surface area (Å²) < 4.78 is 72.4. The van der Waals surface area contributed by atoms with Crippen LogP contribution in [0.15, 0.2) is 36.4 Å². The van der Waals surface area contributed by atoms with Gasteiger partial charge in [-0.2, -0.15) is 21.6 Å². The number of nitrogens with zero attached hydrogens (tertiary/aromatic N) is 1. The van der Waals surface area contributed by atoms with Gasteiger partial charge in [0.1, 0.15) is 11.4 Å². The summed E-state index contributed by atoms with van der Waals surface area (Å²) in [4.78, 5) is 14.2. The molecule has 0 N–H and O–H groups in total. The van der Waals surface area contributed by atoms with Crippen LogP contribution in [0.4, 0.5) is 18.0 Å². The van der Waals surface area contributed by atoms with Crippen LogP contribution in [-0.2, 0) is 34.1 Å². The third-order valence-corrected chi connectivity index (χ3v) is 8.43. The zero-order valence-electron chi connectivity index (χ0n) is 22.8. The fraction of sp³-hybridized carbons (Fsp3) is 0.552. The Morgan fingerprint density at radius 2 is 1.74 bits per heavy atom. The monoisotopic (exact) mass is 567 g/mol. The third-order valence-electron chi connectivity index (χ3n) is 7.47. The van der Waals surface area contributed by atoms with E-state index in [1.807, 2.05) is 26.8 Å². The van der Waals surface area contributed by atoms with Crippen molar-refractivity contribution in [3.8, 4) is 5.75 Å². The zero-order valence-corrected chi connectivity index (χ0v) is 23.6. The van der Waals surface area contributed by atoms with Crippen molar-refractivity contribution in [2.45, 2.75) is 89.2 Å². The predicted octanol–water partition coefficient (Wildman–Crippen LogP) is 6.86. The molecule has 0 unspecified atom stereocenters. The van der Waals surface area contributed by atoms with Gasteiger partial charge in [-0.05, 0) is 99.5 Å². The zero-order chi connectivity index (χ0) is 28.6. The summed E-state index contributed by atoms with van der Waals surface area (Å²) in [5, 5.41) is 0. The van der Waals surface area contributed by atoms with Gasteiger partial charge in [-0.1, -0.05) is 37.3 Å². The van der Waals surface area contributed by atoms with Crippen molar-refractivity contribution in [1.82, 2.24) is 4.90 Å². The number of aryl methyl sites for hydroxylation is 2. The minimum absolute atomic E-state index is 0.146. The molecule has 0 saturated carbocycles. The van der Waals surface area contributed by atoms with E-state index in [2.05, 4.69) is 29.3 Å². The Morgan fingerprint density at radius 3 is 2.36 bits per heavy atom. The fourth-order valence-electron chi connectivity index (χ4n) is 5.66. The summed E-state index contributed by atoms with van der Waals surface area (Å²) in [6.07, 6.45) is 4.16. The summed E-state index contributed by atoms with van der Waals surface area (Å²) >= 11 is 0. The molecule has 1 aliphatic carbocycles. The third kappa shape index (κ3) is 6.70. The molecule has 1 heterocycles. The fourth-order valence-corrected chi connectivity index (χ4v) is 6.14. The minimum Gasteiger partial charge on any atom is -0.444 e. The Kier molecular flexibility index (Phi) is 8.26. The molecular weight excluding hydrogens is 531 g/mol. The first kappa shape index (κ1) is 29.2. The van der Waals surface area contributed by atoms with E-state index in [0.717, 1.165) is 30.4 Å². The molecule has 1 saturated heterocycles. The maximum absolute atomic E-state index is 13.0. The van der Waals surface area contributed by atoms with Crippen LogP contribution in [0, 0.1) is 0 Å². The van der Waals surface area contributed by atoms with E-state index >= 15 is 0 Å². The quantitative estimate of drug-likeness (QED) is 0.282. The van der Waals surface area contributed by atoms with E-state index in [-0.39, 0.29) is 17.8 Å². The van der Waals surface area contributed by atoms with Crippen LogP contribution in [-0.4, -0.2) is 43.6 Å². The Balaban J connectivity index is 1.48. The van der Waals surface area contributed by atoms with Crippen LogP contribution < -0.4 is 4.18 Å². The second-order valence-corrected chi connectivity index (χ2v) is 12.9. The number of rotatable bonds is 6. The summed E-state index contributed by atoms with van der Waals surface area (Å²) in [7, 11) is -5.75. The molecule has 2 aliphatic rings. The maximum Gasteiger partial charge on any atom is 0.534 e. The Hall–Kier alpha value is -2.75. The topological polar surface area (TPSA) is 72.9 Å². The second-order valence-electron chi connectivity index (χ2n) is 11.4. The number of benzene rings is 2. The van der Waals surface area contributed by atoms with Gasteiger partial charge in [0, 0.05) is 18.7 Å². The first-order chi connectivity index (χ1) is 18.2. The van der Waals surface area contributed by atoms with Crippen LogP contribution in [0.1, 0.15) is 86.6 Å². The van der Waals surface area contributed by atoms with E-state index < -0.39 is 21.2 Å². The number of hydrogen-bond acceptors (Lipinski definition) is 5. The lowest BCUT2D eigenvalue weighted by Crippen LogP contribution is -2.41. The molecule has 39 heavy (non-hydrogen) atoms. The number of halogens is 3. The molecular formula is C29H36F3NO5S. The number of fused-ring (bicyclic) bond motifs is 1. The number of carbonyl (C=O) groups is 1. The van der Waals surface area contributed by atoms with Crippen molar-refractivity contribution >= 4 is 16.2 Å². The minimum atomic E-state index is -5.75. The lowest BCUT2D eigenvalue weighted by atomic mass is 9.84. The molecule has 1 amide bonds. The van der Waals surface area contributed by atoms with Gasteiger partial charge >= 0.3 is 21.7 Å². The van der Waals surface area contributed by atoms with Gasteiger partial charge in [0.15, 0.2) is 0 Å². The van der Waals surface area contributed by atoms with Gasteiger partial charge in [0.05, 0.1) is 0 Å². The Labute approximate surface area is 228 Å². The molecule has 1 aliphatic heterocycles. The first-order valence-electron chi connectivity index (χ1n) is 13.4. The average molecular weight is 568 g/mol. The SMILES string of the molecule is CCc1cc(C[C@H]2CCc3cccc(OS(=O)(=O)C(F)(F)F)c32)ccc1C1CCN(C(=O)OC(C)(C)C)CC1. The van der Waals surface area contributed by atoms with Gasteiger partial charge in [-0.3, -0.25) is 0 Å². The summed E-state index contributed by atoms with van der Waals surface area (Å²) in [6, 6.07) is 11.0. The average Bonchev–Trinajstić information content (AvgIpc) is 3.26. The Bertz CT molecular complexity index is 1310. The normalized spacial score (nSPS) is 18.6. The number of likely N-dealkylation sites (tertiary alicyclic amines) is 1. The number of alkyl halides is 3. The van der Waals surface area contributed by atoms with E-state index in [1.165, 1.54) is 23.3 Å². The highest BCUT2D eigenvalue weighted by molar-refractivity contribution is 7.88. The highest BCUT2D eigenvalue weighted by Crippen LogP contribution is 2.43. The summed E-state index contributed by atoms with van der Waals surface area (Å²) in [5.41, 5.74) is -1.13. The number of hydrogen-bond donors (Lipinski definition) is 0. The van der Waals surface area contributed by atoms with E-state index in [4.69, 9.17) is 4.74 Å². The molecule has 214 valence electrons. The van der Waals surface area contributed by atoms with Gasteiger partial charge in [-0.15, -0.1) is 0 Å². The maximum atomic E-state index is 13.0. The van der Waals surface area contributed by atoms with Crippen LogP contribution >= 0.6 is 0 Å². The predicted molar refractivity (Wildman–Crippen MR) is 142 cm³/mol. The molecule has 0 spiro atoms. The summed E-state index contributed by atoms with van der Waals surface area (Å²) in [6.45, 7) is 8.93. The van der Waals surface area contributed by atoms with Crippen molar-refractivity contribution in [2.75, 3.05) is 13.1 Å². The summed E-state index contributed by atoms with van der Waals surface area (Å²) in [5.74, 6) is -0.0591. The molecule has 1 fully saturated rings. The largest absolute Gasteiger partial charge is 0.534 e. The van der Waals surface area contributed by atoms with Crippen molar-refractivity contribution in [1.29, 1.82) is 0 Å². The van der Waals surface area contributed by atoms with Gasteiger partial charge in [0.25, 0.3) is 0 Å². The van der Waals surface area contributed by atoms with Crippen LogP contribution in [0.3, 0.4) is 0 Å². The molecule has 6 nitrogen and oxygen atoms in total. The van der Waals surface area contributed by atoms with E-state index in [9.17, 15) is 26.4 Å². The van der Waals surface area contributed by atoms with Gasteiger partial charge in [0.2, 0.25) is 0 Å². The molecule has 10 heteroatoms. The van der Waals surface area contributed by atoms with Crippen molar-refractivity contribution in [2.24, 2.45) is 0 Å². The molecule has 2 aromatic rings. The van der Waals surface area contributed by atoms with Crippen molar-refractivity contribution < 1.29 is 35.3 Å². The van der Waals surface area contributed by atoms with Gasteiger partial charge < -0.3 is 13.8 Å². The molecule has 1 atom stereocenters. The number of amides is 1. The van der Waals surface area contributed by atoms with Crippen LogP contribution in [0.5, 0.6) is 5.75 Å². The highest BCUT2D eigenvalue weighted by Gasteiger charge is 2.49. The number of ether oxygens (including phenoxy) is 1. The molecule has 2 aromatic carbocycles. The highest BCUT2D eigenvalue weighted by atomic mass is 32.2. The molecule has 0 bridgehead atoms. The van der Waals surface area contributed by atoms with Gasteiger partial charge in [-0.25, -0.2) is 4.79 Å². The number of piperidine rings is 1. The molecule has 0 radical (unpaired) electrons. The van der Waals surface area contributed by atoms with E-state index in [0.29, 0.717) is 43.8 Å². The van der Waals surface area contributed by atoms with Crippen LogP contribution in [0.25, 0.3) is 0 Å². The molecule has 0 aromatic heterocycles. The molecule has 4 rings (SSSR count). The van der Waals surface area contributed by atoms with Crippen LogP contribution in [0.2, 0.25) is 0 Å². The second kappa shape index (κ2) is 11.0. The lowest BCUT2D eigenvalue weighted by Gasteiger charge is -2.34. The van der Waals surface area contributed by atoms with Crippen molar-refractivity contribution in [3.05, 3.63) is 64.2 Å². The standard InChI is InChI=1S/C29H36F3NO5S/c1-5-20-17-19(9-12-24(20)21-13-15-33(16-14-21)27(34)37-28(2,3)4)18-23-11-10-22-7-6-8-25(26(22)23)38-39(35,36)29(30,31)32/h6-9,12,17,21,23H,5,10-11,13-16,18H2,1-4H3/t23-/m1/s1. The lowest BCUT2D eigenvalue weighted by molar-refractivity contribution is -0.0500. The smallest absolute Gasteiger partial charge is 0.444 e. The van der Waals surface area contributed by atoms with E-state index in [1.54, 1.807) is 4.90 Å². The Morgan fingerprint density at radius 1 is 1.05 bits per heavy atom. The first-order valence-corrected chi connectivity index (χ1v) is 14.8.